The third-order valence-electron chi connectivity index (χ3n) is 3.23. The summed E-state index contributed by atoms with van der Waals surface area (Å²) >= 11 is 6.07. The van der Waals surface area contributed by atoms with Crippen molar-refractivity contribution in [3.8, 4) is 0 Å². The molecule has 0 unspecified atom stereocenters. The lowest BCUT2D eigenvalue weighted by molar-refractivity contribution is 0.0815. The maximum Gasteiger partial charge on any atom is 0.140 e. The first-order valence-electron chi connectivity index (χ1n) is 6.86. The monoisotopic (exact) mass is 311 g/mol. The van der Waals surface area contributed by atoms with Crippen LogP contribution in [-0.2, 0) is 11.5 Å². The molecule has 0 aliphatic rings. The maximum atomic E-state index is 6.07. The Bertz CT molecular complexity index is 619. The van der Waals surface area contributed by atoms with E-state index in [1.54, 1.807) is 0 Å². The summed E-state index contributed by atoms with van der Waals surface area (Å²) in [5.74, 6) is 0. The second-order valence-electron chi connectivity index (χ2n) is 6.40. The minimum absolute atomic E-state index is 0.470. The highest BCUT2D eigenvalue weighted by Crippen LogP contribution is 2.22. The van der Waals surface area contributed by atoms with Crippen LogP contribution in [0.15, 0.2) is 6.07 Å². The molecule has 0 aliphatic carbocycles. The number of pyridine rings is 1. The summed E-state index contributed by atoms with van der Waals surface area (Å²) in [6.45, 7) is 12.2. The van der Waals surface area contributed by atoms with Crippen molar-refractivity contribution in [2.24, 2.45) is 0 Å². The van der Waals surface area contributed by atoms with Gasteiger partial charge in [-0.2, -0.15) is 5.10 Å². The van der Waals surface area contributed by atoms with E-state index in [4.69, 9.17) is 16.3 Å². The Morgan fingerprint density at radius 2 is 2.00 bits per heavy atom. The Morgan fingerprint density at radius 1 is 1.30 bits per heavy atom. The predicted molar refractivity (Wildman–Crippen MR) is 86.1 cm³/mol. The van der Waals surface area contributed by atoms with Crippen LogP contribution in [0, 0.1) is 13.8 Å². The van der Waals surface area contributed by atoms with Crippen LogP contribution < -0.4 is 0 Å². The first-order valence-corrected chi connectivity index (χ1v) is 10.9. The molecule has 20 heavy (non-hydrogen) atoms. The van der Waals surface area contributed by atoms with E-state index in [1.165, 1.54) is 0 Å². The van der Waals surface area contributed by atoms with Gasteiger partial charge in [-0.25, -0.2) is 9.67 Å². The SMILES string of the molecule is Cc1cc2c(nc1Cl)c(C)nn2COCC[Si](C)(C)C. The summed E-state index contributed by atoms with van der Waals surface area (Å²) in [4.78, 5) is 4.40. The van der Waals surface area contributed by atoms with Gasteiger partial charge in [-0.15, -0.1) is 0 Å². The molecule has 0 atom stereocenters. The number of ether oxygens (including phenoxy) is 1. The number of fused-ring (bicyclic) bond motifs is 1. The van der Waals surface area contributed by atoms with E-state index in [1.807, 2.05) is 24.6 Å². The molecule has 2 heterocycles. The Hall–Kier alpha value is -0.913. The van der Waals surface area contributed by atoms with Crippen LogP contribution in [0.3, 0.4) is 0 Å². The molecule has 110 valence electrons. The van der Waals surface area contributed by atoms with Crippen LogP contribution >= 0.6 is 11.6 Å². The molecule has 0 saturated heterocycles. The fourth-order valence-electron chi connectivity index (χ4n) is 1.95. The summed E-state index contributed by atoms with van der Waals surface area (Å²) in [6, 6.07) is 3.18. The average molecular weight is 312 g/mol. The van der Waals surface area contributed by atoms with E-state index >= 15 is 0 Å². The van der Waals surface area contributed by atoms with Gasteiger partial charge < -0.3 is 4.74 Å². The fourth-order valence-corrected chi connectivity index (χ4v) is 2.85. The van der Waals surface area contributed by atoms with Gasteiger partial charge in [0.1, 0.15) is 17.4 Å². The van der Waals surface area contributed by atoms with E-state index in [-0.39, 0.29) is 0 Å². The molecule has 2 aromatic heterocycles. The largest absolute Gasteiger partial charge is 0.360 e. The molecule has 0 radical (unpaired) electrons. The highest BCUT2D eigenvalue weighted by atomic mass is 35.5. The van der Waals surface area contributed by atoms with Gasteiger partial charge >= 0.3 is 0 Å². The molecule has 0 saturated carbocycles. The lowest BCUT2D eigenvalue weighted by atomic mass is 10.2. The van der Waals surface area contributed by atoms with Crippen LogP contribution in [0.2, 0.25) is 30.8 Å². The minimum Gasteiger partial charge on any atom is -0.360 e. The van der Waals surface area contributed by atoms with Gasteiger partial charge in [0.25, 0.3) is 0 Å². The van der Waals surface area contributed by atoms with Crippen molar-refractivity contribution in [2.45, 2.75) is 46.3 Å². The molecule has 0 aliphatic heterocycles. The Labute approximate surface area is 126 Å². The van der Waals surface area contributed by atoms with Gasteiger partial charge in [-0.05, 0) is 31.5 Å². The Balaban J connectivity index is 2.13. The van der Waals surface area contributed by atoms with Crippen molar-refractivity contribution < 1.29 is 4.74 Å². The van der Waals surface area contributed by atoms with Gasteiger partial charge in [-0.3, -0.25) is 0 Å². The highest BCUT2D eigenvalue weighted by molar-refractivity contribution is 6.76. The zero-order chi connectivity index (χ0) is 14.9. The van der Waals surface area contributed by atoms with Gasteiger partial charge in [0, 0.05) is 14.7 Å². The van der Waals surface area contributed by atoms with Crippen molar-refractivity contribution >= 4 is 30.7 Å². The third kappa shape index (κ3) is 3.59. The summed E-state index contributed by atoms with van der Waals surface area (Å²) in [5.41, 5.74) is 3.69. The quantitative estimate of drug-likeness (QED) is 0.476. The van der Waals surface area contributed by atoms with Crippen molar-refractivity contribution in [3.63, 3.8) is 0 Å². The molecule has 4 nitrogen and oxygen atoms in total. The van der Waals surface area contributed by atoms with E-state index < -0.39 is 8.07 Å². The van der Waals surface area contributed by atoms with Crippen molar-refractivity contribution in [2.75, 3.05) is 6.61 Å². The molecule has 0 aromatic carbocycles. The number of aromatic nitrogens is 3. The fraction of sp³-hybridized carbons (Fsp3) is 0.571. The highest BCUT2D eigenvalue weighted by Gasteiger charge is 2.14. The summed E-state index contributed by atoms with van der Waals surface area (Å²) in [6.07, 6.45) is 0. The first-order chi connectivity index (χ1) is 9.28. The molecule has 2 aromatic rings. The molecule has 6 heteroatoms. The normalized spacial score (nSPS) is 12.3. The topological polar surface area (TPSA) is 39.9 Å². The second-order valence-corrected chi connectivity index (χ2v) is 12.4. The smallest absolute Gasteiger partial charge is 0.140 e. The van der Waals surface area contributed by atoms with Crippen LogP contribution in [0.5, 0.6) is 0 Å². The lowest BCUT2D eigenvalue weighted by Gasteiger charge is -2.15. The second kappa shape index (κ2) is 5.83. The zero-order valence-electron chi connectivity index (χ0n) is 12.8. The first kappa shape index (κ1) is 15.5. The van der Waals surface area contributed by atoms with Gasteiger partial charge in [0.15, 0.2) is 0 Å². The van der Waals surface area contributed by atoms with E-state index in [9.17, 15) is 0 Å². The molecular weight excluding hydrogens is 290 g/mol. The summed E-state index contributed by atoms with van der Waals surface area (Å²) in [7, 11) is -1.04. The predicted octanol–water partition coefficient (Wildman–Crippen LogP) is 4.01. The number of hydrogen-bond acceptors (Lipinski definition) is 3. The molecule has 0 amide bonds. The minimum atomic E-state index is -1.04. The number of hydrogen-bond donors (Lipinski definition) is 0. The molecule has 0 fully saturated rings. The van der Waals surface area contributed by atoms with Crippen LogP contribution in [0.4, 0.5) is 0 Å². The maximum absolute atomic E-state index is 6.07. The lowest BCUT2D eigenvalue weighted by Crippen LogP contribution is -2.22. The van der Waals surface area contributed by atoms with Crippen molar-refractivity contribution in [1.82, 2.24) is 14.8 Å². The molecule has 0 bridgehead atoms. The number of rotatable bonds is 5. The molecular formula is C14H22ClN3OSi. The molecule has 2 rings (SSSR count). The summed E-state index contributed by atoms with van der Waals surface area (Å²) in [5, 5.41) is 5.03. The van der Waals surface area contributed by atoms with Gasteiger partial charge in [0.05, 0.1) is 11.2 Å². The van der Waals surface area contributed by atoms with Gasteiger partial charge in [-0.1, -0.05) is 31.2 Å². The van der Waals surface area contributed by atoms with Gasteiger partial charge in [0.2, 0.25) is 0 Å². The number of aryl methyl sites for hydroxylation is 2. The van der Waals surface area contributed by atoms with Crippen LogP contribution in [0.1, 0.15) is 11.3 Å². The van der Waals surface area contributed by atoms with E-state index in [2.05, 4.69) is 29.7 Å². The van der Waals surface area contributed by atoms with Crippen LogP contribution in [0.25, 0.3) is 11.0 Å². The Morgan fingerprint density at radius 3 is 2.65 bits per heavy atom. The van der Waals surface area contributed by atoms with E-state index in [0.717, 1.165) is 34.9 Å². The molecule has 0 spiro atoms. The third-order valence-corrected chi connectivity index (χ3v) is 5.32. The Kier molecular flexibility index (Phi) is 4.51. The average Bonchev–Trinajstić information content (AvgIpc) is 2.62. The van der Waals surface area contributed by atoms with Crippen molar-refractivity contribution in [3.05, 3.63) is 22.5 Å². The zero-order valence-corrected chi connectivity index (χ0v) is 14.6. The standard InChI is InChI=1S/C14H22ClN3OSi/c1-10-8-12-13(16-14(10)15)11(2)17-18(12)9-19-6-7-20(3,4)5/h8H,6-7,9H2,1-5H3. The number of halogens is 1. The van der Waals surface area contributed by atoms with E-state index in [0.29, 0.717) is 11.9 Å². The van der Waals surface area contributed by atoms with Crippen molar-refractivity contribution in [1.29, 1.82) is 0 Å². The summed E-state index contributed by atoms with van der Waals surface area (Å²) < 4.78 is 7.63. The number of nitrogens with zero attached hydrogens (tertiary/aromatic N) is 3. The molecule has 0 N–H and O–H groups in total. The van der Waals surface area contributed by atoms with Crippen LogP contribution in [-0.4, -0.2) is 29.4 Å².